The zero-order valence-electron chi connectivity index (χ0n) is 12.9. The average molecular weight is 335 g/mol. The predicted octanol–water partition coefficient (Wildman–Crippen LogP) is 3.88. The molecule has 1 aromatic carbocycles. The van der Waals surface area contributed by atoms with Crippen LogP contribution in [-0.4, -0.2) is 35.6 Å². The lowest BCUT2D eigenvalue weighted by atomic mass is 10.2. The first-order valence-corrected chi connectivity index (χ1v) is 9.12. The van der Waals surface area contributed by atoms with Gasteiger partial charge in [0.05, 0.1) is 11.7 Å². The van der Waals surface area contributed by atoms with Gasteiger partial charge < -0.3 is 10.0 Å². The molecule has 0 aliphatic carbocycles. The van der Waals surface area contributed by atoms with Crippen molar-refractivity contribution in [2.75, 3.05) is 13.6 Å². The Morgan fingerprint density at radius 3 is 2.77 bits per heavy atom. The number of carbonyl (C=O) groups excluding carboxylic acids is 1. The molecule has 0 spiro atoms. The third-order valence-corrected chi connectivity index (χ3v) is 5.48. The van der Waals surface area contributed by atoms with Crippen molar-refractivity contribution in [3.8, 4) is 0 Å². The summed E-state index contributed by atoms with van der Waals surface area (Å²) < 4.78 is 0. The Morgan fingerprint density at radius 2 is 2.09 bits per heavy atom. The Morgan fingerprint density at radius 1 is 1.32 bits per heavy atom. The van der Waals surface area contributed by atoms with Crippen molar-refractivity contribution in [1.29, 1.82) is 0 Å². The van der Waals surface area contributed by atoms with E-state index in [2.05, 4.69) is 11.4 Å². The van der Waals surface area contributed by atoms with Gasteiger partial charge in [0, 0.05) is 29.1 Å². The van der Waals surface area contributed by atoms with Crippen LogP contribution >= 0.6 is 23.1 Å². The summed E-state index contributed by atoms with van der Waals surface area (Å²) >= 11 is 3.42. The van der Waals surface area contributed by atoms with Crippen LogP contribution in [0.25, 0.3) is 0 Å². The van der Waals surface area contributed by atoms with Gasteiger partial charge in [-0.3, -0.25) is 4.79 Å². The normalized spacial score (nSPS) is 12.1. The molecular formula is C17H21NO2S2. The molecule has 22 heavy (non-hydrogen) atoms. The molecule has 1 unspecified atom stereocenters. The van der Waals surface area contributed by atoms with Gasteiger partial charge in [-0.25, -0.2) is 0 Å². The highest BCUT2D eigenvalue weighted by atomic mass is 32.2. The first-order chi connectivity index (χ1) is 10.6. The smallest absolute Gasteiger partial charge is 0.254 e. The minimum atomic E-state index is -0.390. The first-order valence-electron chi connectivity index (χ1n) is 7.25. The molecule has 0 saturated heterocycles. The van der Waals surface area contributed by atoms with Crippen molar-refractivity contribution in [3.63, 3.8) is 0 Å². The average Bonchev–Trinajstić information content (AvgIpc) is 3.03. The summed E-state index contributed by atoms with van der Waals surface area (Å²) in [4.78, 5) is 16.6. The number of amides is 1. The highest BCUT2D eigenvalue weighted by Crippen LogP contribution is 2.28. The zero-order chi connectivity index (χ0) is 15.9. The van der Waals surface area contributed by atoms with Crippen molar-refractivity contribution in [2.45, 2.75) is 30.1 Å². The van der Waals surface area contributed by atoms with Crippen molar-refractivity contribution >= 4 is 29.0 Å². The lowest BCUT2D eigenvalue weighted by Crippen LogP contribution is -2.29. The molecule has 0 fully saturated rings. The molecule has 3 nitrogen and oxygen atoms in total. The fourth-order valence-electron chi connectivity index (χ4n) is 2.00. The van der Waals surface area contributed by atoms with Gasteiger partial charge in [0.2, 0.25) is 0 Å². The second-order valence-electron chi connectivity index (χ2n) is 5.23. The molecule has 1 N–H and O–H groups in total. The molecule has 1 amide bonds. The van der Waals surface area contributed by atoms with Crippen molar-refractivity contribution in [2.24, 2.45) is 0 Å². The largest absolute Gasteiger partial charge is 0.393 e. The van der Waals surface area contributed by atoms with Gasteiger partial charge in [-0.15, -0.1) is 23.1 Å². The molecule has 1 heterocycles. The highest BCUT2D eigenvalue weighted by molar-refractivity contribution is 7.98. The van der Waals surface area contributed by atoms with Crippen LogP contribution in [0.15, 0.2) is 46.7 Å². The van der Waals surface area contributed by atoms with E-state index in [1.165, 1.54) is 4.88 Å². The van der Waals surface area contributed by atoms with Crippen molar-refractivity contribution in [1.82, 2.24) is 4.90 Å². The number of thioether (sulfide) groups is 1. The quantitative estimate of drug-likeness (QED) is 0.781. The van der Waals surface area contributed by atoms with E-state index in [1.54, 1.807) is 42.0 Å². The summed E-state index contributed by atoms with van der Waals surface area (Å²) in [6.45, 7) is 2.30. The minimum Gasteiger partial charge on any atom is -0.393 e. The summed E-state index contributed by atoms with van der Waals surface area (Å²) in [5, 5.41) is 11.4. The molecule has 5 heteroatoms. The molecule has 0 saturated carbocycles. The van der Waals surface area contributed by atoms with Crippen LogP contribution in [0.3, 0.4) is 0 Å². The van der Waals surface area contributed by atoms with Gasteiger partial charge in [0.1, 0.15) is 0 Å². The number of carbonyl (C=O) groups is 1. The number of nitrogens with zero attached hydrogens (tertiary/aromatic N) is 1. The number of thiophene rings is 1. The first kappa shape index (κ1) is 17.1. The standard InChI is InChI=1S/C17H21NO2S2/c1-13(19)9-10-18(2)17(20)15-7-3-4-8-16(15)22-12-14-6-5-11-21-14/h3-8,11,13,19H,9-10,12H2,1-2H3. The van der Waals surface area contributed by atoms with Crippen molar-refractivity contribution in [3.05, 3.63) is 52.2 Å². The van der Waals surface area contributed by atoms with E-state index in [0.29, 0.717) is 13.0 Å². The molecule has 1 aromatic heterocycles. The summed E-state index contributed by atoms with van der Waals surface area (Å²) in [5.74, 6) is 0.884. The number of hydrogen-bond donors (Lipinski definition) is 1. The second kappa shape index (κ2) is 8.36. The summed E-state index contributed by atoms with van der Waals surface area (Å²) in [5.41, 5.74) is 0.733. The van der Waals surface area contributed by atoms with Gasteiger partial charge in [-0.05, 0) is 36.9 Å². The maximum absolute atomic E-state index is 12.6. The molecule has 0 radical (unpaired) electrons. The Balaban J connectivity index is 2.04. The van der Waals surface area contributed by atoms with Gasteiger partial charge in [0.15, 0.2) is 0 Å². The van der Waals surface area contributed by atoms with E-state index >= 15 is 0 Å². The predicted molar refractivity (Wildman–Crippen MR) is 93.6 cm³/mol. The Hall–Kier alpha value is -1.30. The number of hydrogen-bond acceptors (Lipinski definition) is 4. The van der Waals surface area contributed by atoms with E-state index in [9.17, 15) is 9.90 Å². The third-order valence-electron chi connectivity index (χ3n) is 3.30. The maximum Gasteiger partial charge on any atom is 0.254 e. The van der Waals surface area contributed by atoms with Crippen LogP contribution < -0.4 is 0 Å². The lowest BCUT2D eigenvalue weighted by Gasteiger charge is -2.19. The highest BCUT2D eigenvalue weighted by Gasteiger charge is 2.16. The van der Waals surface area contributed by atoms with Crippen LogP contribution in [0.1, 0.15) is 28.6 Å². The van der Waals surface area contributed by atoms with E-state index < -0.39 is 6.10 Å². The molecule has 2 rings (SSSR count). The van der Waals surface area contributed by atoms with Gasteiger partial charge in [-0.2, -0.15) is 0 Å². The van der Waals surface area contributed by atoms with Gasteiger partial charge >= 0.3 is 0 Å². The fraction of sp³-hybridized carbons (Fsp3) is 0.353. The number of aliphatic hydroxyl groups is 1. The number of benzene rings is 1. The van der Waals surface area contributed by atoms with E-state index in [0.717, 1.165) is 16.2 Å². The van der Waals surface area contributed by atoms with Gasteiger partial charge in [0.25, 0.3) is 5.91 Å². The summed E-state index contributed by atoms with van der Waals surface area (Å²) in [6, 6.07) is 11.9. The molecule has 118 valence electrons. The molecule has 0 aliphatic rings. The Labute approximate surface area is 140 Å². The minimum absolute atomic E-state index is 0.00919. The summed E-state index contributed by atoms with van der Waals surface area (Å²) in [6.07, 6.45) is 0.200. The second-order valence-corrected chi connectivity index (χ2v) is 7.28. The monoisotopic (exact) mass is 335 g/mol. The van der Waals surface area contributed by atoms with Crippen molar-refractivity contribution < 1.29 is 9.90 Å². The van der Waals surface area contributed by atoms with Gasteiger partial charge in [-0.1, -0.05) is 18.2 Å². The molecule has 2 aromatic rings. The van der Waals surface area contributed by atoms with Crippen LogP contribution in [0, 0.1) is 0 Å². The number of aliphatic hydroxyl groups excluding tert-OH is 1. The SMILES string of the molecule is CC(O)CCN(C)C(=O)c1ccccc1SCc1cccs1. The van der Waals surface area contributed by atoms with E-state index in [-0.39, 0.29) is 5.91 Å². The van der Waals surface area contributed by atoms with E-state index in [1.807, 2.05) is 30.3 Å². The zero-order valence-corrected chi connectivity index (χ0v) is 14.5. The van der Waals surface area contributed by atoms with Crippen LogP contribution in [0.2, 0.25) is 0 Å². The molecule has 1 atom stereocenters. The molecule has 0 bridgehead atoms. The Kier molecular flexibility index (Phi) is 6.49. The molecular weight excluding hydrogens is 314 g/mol. The molecule has 0 aliphatic heterocycles. The van der Waals surface area contributed by atoms with Crippen LogP contribution in [-0.2, 0) is 5.75 Å². The Bertz CT molecular complexity index is 596. The topological polar surface area (TPSA) is 40.5 Å². The fourth-order valence-corrected chi connectivity index (χ4v) is 3.82. The third kappa shape index (κ3) is 4.87. The van der Waals surface area contributed by atoms with Crippen LogP contribution in [0.5, 0.6) is 0 Å². The number of rotatable bonds is 7. The summed E-state index contributed by atoms with van der Waals surface area (Å²) in [7, 11) is 1.78. The maximum atomic E-state index is 12.6. The van der Waals surface area contributed by atoms with Crippen LogP contribution in [0.4, 0.5) is 0 Å². The lowest BCUT2D eigenvalue weighted by molar-refractivity contribution is 0.0765. The van der Waals surface area contributed by atoms with E-state index in [4.69, 9.17) is 0 Å².